The topological polar surface area (TPSA) is 66.6 Å². The molecule has 1 unspecified atom stereocenters. The highest BCUT2D eigenvalue weighted by molar-refractivity contribution is 5.84. The molecule has 5 heteroatoms. The molecular formula is C16H33N3O2. The molecular weight excluding hydrogens is 266 g/mol. The first kappa shape index (κ1) is 19.9. The Bertz CT molecular complexity index is 335. The largest absolute Gasteiger partial charge is 0.347 e. The van der Waals surface area contributed by atoms with Crippen molar-refractivity contribution in [2.75, 3.05) is 33.7 Å². The van der Waals surface area contributed by atoms with Crippen LogP contribution in [0.3, 0.4) is 0 Å². The van der Waals surface area contributed by atoms with Gasteiger partial charge in [-0.25, -0.2) is 0 Å². The maximum Gasteiger partial charge on any atom is 0.241 e. The number of hydrogen-bond donors (Lipinski definition) is 1. The van der Waals surface area contributed by atoms with E-state index >= 15 is 0 Å². The smallest absolute Gasteiger partial charge is 0.241 e. The molecule has 0 fully saturated rings. The molecule has 0 aliphatic rings. The summed E-state index contributed by atoms with van der Waals surface area (Å²) in [6.45, 7) is 9.84. The zero-order chi connectivity index (χ0) is 16.6. The van der Waals surface area contributed by atoms with Crippen LogP contribution in [0.5, 0.6) is 0 Å². The third-order valence-corrected chi connectivity index (χ3v) is 4.01. The van der Waals surface area contributed by atoms with Crippen LogP contribution in [0.15, 0.2) is 0 Å². The van der Waals surface area contributed by atoms with E-state index in [1.54, 1.807) is 19.0 Å². The summed E-state index contributed by atoms with van der Waals surface area (Å²) < 4.78 is 0. The monoisotopic (exact) mass is 299 g/mol. The van der Waals surface area contributed by atoms with Gasteiger partial charge in [0.05, 0.1) is 6.54 Å². The zero-order valence-electron chi connectivity index (χ0n) is 14.6. The summed E-state index contributed by atoms with van der Waals surface area (Å²) in [4.78, 5) is 27.2. The molecule has 2 amide bonds. The Morgan fingerprint density at radius 1 is 1.10 bits per heavy atom. The van der Waals surface area contributed by atoms with E-state index in [0.717, 1.165) is 12.8 Å². The molecule has 2 N–H and O–H groups in total. The Morgan fingerprint density at radius 3 is 2.05 bits per heavy atom. The zero-order valence-corrected chi connectivity index (χ0v) is 14.6. The summed E-state index contributed by atoms with van der Waals surface area (Å²) in [7, 11) is 3.41. The van der Waals surface area contributed by atoms with Crippen molar-refractivity contribution in [1.29, 1.82) is 0 Å². The van der Waals surface area contributed by atoms with E-state index in [9.17, 15) is 9.59 Å². The number of carbonyl (C=O) groups is 2. The number of nitrogens with zero attached hydrogens (tertiary/aromatic N) is 2. The maximum atomic E-state index is 12.3. The fraction of sp³-hybridized carbons (Fsp3) is 0.875. The standard InChI is InChI=1S/C16H33N3O2/c1-7-19(12-15(21)18(5)6)14(20)9-8-13(10-11-17)16(2,3)4/h13H,7-12,17H2,1-6H3. The van der Waals surface area contributed by atoms with E-state index in [-0.39, 0.29) is 23.8 Å². The molecule has 0 aromatic heterocycles. The highest BCUT2D eigenvalue weighted by Gasteiger charge is 2.25. The average Bonchev–Trinajstić information content (AvgIpc) is 2.38. The molecule has 1 atom stereocenters. The van der Waals surface area contributed by atoms with E-state index in [0.29, 0.717) is 25.4 Å². The van der Waals surface area contributed by atoms with Crippen molar-refractivity contribution in [3.8, 4) is 0 Å². The molecule has 124 valence electrons. The van der Waals surface area contributed by atoms with Gasteiger partial charge in [-0.15, -0.1) is 0 Å². The lowest BCUT2D eigenvalue weighted by Gasteiger charge is -2.31. The summed E-state index contributed by atoms with van der Waals surface area (Å²) in [5, 5.41) is 0. The normalized spacial score (nSPS) is 12.9. The molecule has 0 radical (unpaired) electrons. The number of hydrogen-bond acceptors (Lipinski definition) is 3. The summed E-state index contributed by atoms with van der Waals surface area (Å²) >= 11 is 0. The number of carbonyl (C=O) groups excluding carboxylic acids is 2. The SMILES string of the molecule is CCN(CC(=O)N(C)C)C(=O)CCC(CCN)C(C)(C)C. The van der Waals surface area contributed by atoms with Crippen LogP contribution in [0.4, 0.5) is 0 Å². The molecule has 0 heterocycles. The van der Waals surface area contributed by atoms with Gasteiger partial charge in [-0.3, -0.25) is 9.59 Å². The van der Waals surface area contributed by atoms with Gasteiger partial charge < -0.3 is 15.5 Å². The van der Waals surface area contributed by atoms with Gasteiger partial charge in [0, 0.05) is 27.1 Å². The van der Waals surface area contributed by atoms with Gasteiger partial charge in [-0.1, -0.05) is 20.8 Å². The third kappa shape index (κ3) is 7.46. The van der Waals surface area contributed by atoms with E-state index < -0.39 is 0 Å². The first-order valence-electron chi connectivity index (χ1n) is 7.81. The molecule has 0 spiro atoms. The molecule has 0 aliphatic carbocycles. The molecule has 0 saturated heterocycles. The van der Waals surface area contributed by atoms with Gasteiger partial charge in [-0.05, 0) is 37.6 Å². The molecule has 0 aromatic rings. The second-order valence-corrected chi connectivity index (χ2v) is 6.88. The van der Waals surface area contributed by atoms with Gasteiger partial charge in [0.1, 0.15) is 0 Å². The minimum absolute atomic E-state index is 0.0421. The van der Waals surface area contributed by atoms with Crippen LogP contribution < -0.4 is 5.73 Å². The Hall–Kier alpha value is -1.10. The van der Waals surface area contributed by atoms with E-state index in [1.165, 1.54) is 4.90 Å². The fourth-order valence-corrected chi connectivity index (χ4v) is 2.35. The summed E-state index contributed by atoms with van der Waals surface area (Å²) in [5.41, 5.74) is 5.82. The lowest BCUT2D eigenvalue weighted by Crippen LogP contribution is -2.40. The Kier molecular flexibility index (Phi) is 8.55. The molecule has 5 nitrogen and oxygen atoms in total. The number of nitrogens with two attached hydrogens (primary N) is 1. The van der Waals surface area contributed by atoms with Crippen LogP contribution in [0.25, 0.3) is 0 Å². The van der Waals surface area contributed by atoms with Crippen molar-refractivity contribution in [3.63, 3.8) is 0 Å². The summed E-state index contributed by atoms with van der Waals surface area (Å²) in [5.74, 6) is 0.438. The summed E-state index contributed by atoms with van der Waals surface area (Å²) in [6, 6.07) is 0. The van der Waals surface area contributed by atoms with Gasteiger partial charge in [0.15, 0.2) is 0 Å². The third-order valence-electron chi connectivity index (χ3n) is 4.01. The average molecular weight is 299 g/mol. The predicted octanol–water partition coefficient (Wildman–Crippen LogP) is 1.71. The van der Waals surface area contributed by atoms with Crippen LogP contribution in [0.1, 0.15) is 47.0 Å². The van der Waals surface area contributed by atoms with Gasteiger partial charge in [0.2, 0.25) is 11.8 Å². The highest BCUT2D eigenvalue weighted by atomic mass is 16.2. The van der Waals surface area contributed by atoms with Crippen LogP contribution in [0, 0.1) is 11.3 Å². The van der Waals surface area contributed by atoms with Crippen molar-refractivity contribution in [3.05, 3.63) is 0 Å². The van der Waals surface area contributed by atoms with Crippen LogP contribution in [0.2, 0.25) is 0 Å². The van der Waals surface area contributed by atoms with E-state index in [1.807, 2.05) is 6.92 Å². The van der Waals surface area contributed by atoms with E-state index in [2.05, 4.69) is 20.8 Å². The van der Waals surface area contributed by atoms with Crippen LogP contribution >= 0.6 is 0 Å². The second kappa shape index (κ2) is 9.03. The summed E-state index contributed by atoms with van der Waals surface area (Å²) in [6.07, 6.45) is 2.24. The number of rotatable bonds is 8. The predicted molar refractivity (Wildman–Crippen MR) is 86.8 cm³/mol. The van der Waals surface area contributed by atoms with Crippen molar-refractivity contribution < 1.29 is 9.59 Å². The molecule has 0 rings (SSSR count). The highest BCUT2D eigenvalue weighted by Crippen LogP contribution is 2.32. The minimum Gasteiger partial charge on any atom is -0.347 e. The van der Waals surface area contributed by atoms with Crippen LogP contribution in [-0.2, 0) is 9.59 Å². The van der Waals surface area contributed by atoms with Crippen molar-refractivity contribution in [1.82, 2.24) is 9.80 Å². The quantitative estimate of drug-likeness (QED) is 0.742. The first-order chi connectivity index (χ1) is 9.63. The first-order valence-corrected chi connectivity index (χ1v) is 7.81. The van der Waals surface area contributed by atoms with Crippen molar-refractivity contribution in [2.45, 2.75) is 47.0 Å². The Morgan fingerprint density at radius 2 is 1.67 bits per heavy atom. The van der Waals surface area contributed by atoms with Crippen LogP contribution in [-0.4, -0.2) is 55.3 Å². The minimum atomic E-state index is -0.0421. The Labute approximate surface area is 129 Å². The Balaban J connectivity index is 4.53. The second-order valence-electron chi connectivity index (χ2n) is 6.88. The molecule has 21 heavy (non-hydrogen) atoms. The van der Waals surface area contributed by atoms with Crippen molar-refractivity contribution >= 4 is 11.8 Å². The molecule has 0 saturated carbocycles. The van der Waals surface area contributed by atoms with Gasteiger partial charge in [0.25, 0.3) is 0 Å². The van der Waals surface area contributed by atoms with Gasteiger partial charge in [-0.2, -0.15) is 0 Å². The fourth-order valence-electron chi connectivity index (χ4n) is 2.35. The molecule has 0 aromatic carbocycles. The van der Waals surface area contributed by atoms with Crippen molar-refractivity contribution in [2.24, 2.45) is 17.1 Å². The van der Waals surface area contributed by atoms with E-state index in [4.69, 9.17) is 5.73 Å². The lowest BCUT2D eigenvalue weighted by atomic mass is 9.76. The molecule has 0 bridgehead atoms. The van der Waals surface area contributed by atoms with Gasteiger partial charge >= 0.3 is 0 Å². The molecule has 0 aliphatic heterocycles. The number of amides is 2. The number of likely N-dealkylation sites (N-methyl/N-ethyl adjacent to an activating group) is 2. The lowest BCUT2D eigenvalue weighted by molar-refractivity contribution is -0.139. The maximum absolute atomic E-state index is 12.3.